The first kappa shape index (κ1) is 13.4. The quantitative estimate of drug-likeness (QED) is 0.870. The first-order valence-corrected chi connectivity index (χ1v) is 6.93. The second-order valence-corrected chi connectivity index (χ2v) is 5.09. The monoisotopic (exact) mass is 248 g/mol. The lowest BCUT2D eigenvalue weighted by molar-refractivity contribution is 0.252. The molecular formula is C15H24N2O. The van der Waals surface area contributed by atoms with Gasteiger partial charge in [-0.05, 0) is 50.9 Å². The fraction of sp³-hybridized carbons (Fsp3) is 0.600. The summed E-state index contributed by atoms with van der Waals surface area (Å²) in [5.74, 6) is 0.919. The van der Waals surface area contributed by atoms with E-state index in [-0.39, 0.29) is 6.04 Å². The van der Waals surface area contributed by atoms with Crippen molar-refractivity contribution in [3.63, 3.8) is 0 Å². The Morgan fingerprint density at radius 3 is 2.67 bits per heavy atom. The lowest BCUT2D eigenvalue weighted by atomic mass is 10.1. The van der Waals surface area contributed by atoms with E-state index in [0.29, 0.717) is 12.6 Å². The first-order chi connectivity index (χ1) is 8.70. The summed E-state index contributed by atoms with van der Waals surface area (Å²) in [6.45, 7) is 7.13. The van der Waals surface area contributed by atoms with E-state index in [4.69, 9.17) is 10.5 Å². The zero-order valence-corrected chi connectivity index (χ0v) is 11.4. The van der Waals surface area contributed by atoms with Gasteiger partial charge < -0.3 is 10.5 Å². The third-order valence-corrected chi connectivity index (χ3v) is 3.74. The fourth-order valence-corrected chi connectivity index (χ4v) is 2.60. The Morgan fingerprint density at radius 2 is 2.11 bits per heavy atom. The van der Waals surface area contributed by atoms with Crippen molar-refractivity contribution >= 4 is 0 Å². The summed E-state index contributed by atoms with van der Waals surface area (Å²) in [6, 6.07) is 8.95. The van der Waals surface area contributed by atoms with Crippen LogP contribution >= 0.6 is 0 Å². The van der Waals surface area contributed by atoms with Gasteiger partial charge in [0.25, 0.3) is 0 Å². The lowest BCUT2D eigenvalue weighted by Gasteiger charge is -2.25. The van der Waals surface area contributed by atoms with Crippen LogP contribution in [0, 0.1) is 0 Å². The molecular weight excluding hydrogens is 224 g/mol. The maximum Gasteiger partial charge on any atom is 0.119 e. The summed E-state index contributed by atoms with van der Waals surface area (Å²) in [7, 11) is 0. The van der Waals surface area contributed by atoms with Gasteiger partial charge >= 0.3 is 0 Å². The number of nitrogens with two attached hydrogens (primary N) is 1. The van der Waals surface area contributed by atoms with Crippen molar-refractivity contribution in [3.8, 4) is 5.75 Å². The normalized spacial score (nSPS) is 22.1. The van der Waals surface area contributed by atoms with Gasteiger partial charge in [0.1, 0.15) is 5.75 Å². The minimum atomic E-state index is 0.0984. The molecule has 0 amide bonds. The smallest absolute Gasteiger partial charge is 0.119 e. The number of hydrogen-bond acceptors (Lipinski definition) is 3. The molecule has 0 bridgehead atoms. The van der Waals surface area contributed by atoms with Gasteiger partial charge in [-0.25, -0.2) is 0 Å². The highest BCUT2D eigenvalue weighted by Gasteiger charge is 2.22. The maximum atomic E-state index is 6.28. The molecule has 2 rings (SSSR count). The third-order valence-electron chi connectivity index (χ3n) is 3.74. The lowest BCUT2D eigenvalue weighted by Crippen LogP contribution is -2.34. The van der Waals surface area contributed by atoms with Crippen LogP contribution in [0.4, 0.5) is 0 Å². The molecule has 0 saturated carbocycles. The van der Waals surface area contributed by atoms with Gasteiger partial charge in [-0.3, -0.25) is 4.90 Å². The molecule has 0 radical (unpaired) electrons. The highest BCUT2D eigenvalue weighted by atomic mass is 16.5. The minimum absolute atomic E-state index is 0.0984. The number of hydrogen-bond donors (Lipinski definition) is 1. The SMILES string of the molecule is CCOc1ccc(C(N)CN2CCCC2C)cc1. The molecule has 0 spiro atoms. The summed E-state index contributed by atoms with van der Waals surface area (Å²) < 4.78 is 5.44. The molecule has 3 heteroatoms. The Kier molecular flexibility index (Phi) is 4.61. The van der Waals surface area contributed by atoms with Crippen LogP contribution in [0.2, 0.25) is 0 Å². The molecule has 0 aromatic heterocycles. The second kappa shape index (κ2) is 6.21. The third kappa shape index (κ3) is 3.24. The van der Waals surface area contributed by atoms with E-state index in [1.165, 1.54) is 24.9 Å². The Morgan fingerprint density at radius 1 is 1.39 bits per heavy atom. The van der Waals surface area contributed by atoms with Crippen molar-refractivity contribution in [1.82, 2.24) is 4.90 Å². The van der Waals surface area contributed by atoms with E-state index < -0.39 is 0 Å². The Labute approximate surface area is 110 Å². The van der Waals surface area contributed by atoms with Gasteiger partial charge in [0, 0.05) is 18.6 Å². The van der Waals surface area contributed by atoms with E-state index in [0.717, 1.165) is 12.3 Å². The molecule has 3 nitrogen and oxygen atoms in total. The molecule has 2 atom stereocenters. The van der Waals surface area contributed by atoms with Gasteiger partial charge in [0.15, 0.2) is 0 Å². The van der Waals surface area contributed by atoms with Gasteiger partial charge in [0.05, 0.1) is 6.61 Å². The number of nitrogens with zero attached hydrogens (tertiary/aromatic N) is 1. The summed E-state index contributed by atoms with van der Waals surface area (Å²) in [5, 5.41) is 0. The molecule has 1 fully saturated rings. The predicted molar refractivity (Wildman–Crippen MR) is 74.8 cm³/mol. The van der Waals surface area contributed by atoms with E-state index in [1.807, 2.05) is 19.1 Å². The zero-order chi connectivity index (χ0) is 13.0. The van der Waals surface area contributed by atoms with Crippen LogP contribution in [-0.2, 0) is 0 Å². The van der Waals surface area contributed by atoms with Crippen LogP contribution in [0.15, 0.2) is 24.3 Å². The molecule has 100 valence electrons. The molecule has 2 unspecified atom stereocenters. The number of likely N-dealkylation sites (tertiary alicyclic amines) is 1. The maximum absolute atomic E-state index is 6.28. The van der Waals surface area contributed by atoms with Crippen LogP contribution in [0.1, 0.15) is 38.3 Å². The van der Waals surface area contributed by atoms with Crippen LogP contribution in [-0.4, -0.2) is 30.6 Å². The molecule has 1 aliphatic rings. The van der Waals surface area contributed by atoms with Crippen molar-refractivity contribution < 1.29 is 4.74 Å². The molecule has 1 aromatic carbocycles. The number of benzene rings is 1. The Hall–Kier alpha value is -1.06. The van der Waals surface area contributed by atoms with E-state index in [2.05, 4.69) is 24.0 Å². The molecule has 2 N–H and O–H groups in total. The van der Waals surface area contributed by atoms with Gasteiger partial charge in [-0.1, -0.05) is 12.1 Å². The van der Waals surface area contributed by atoms with Crippen LogP contribution in [0.5, 0.6) is 5.75 Å². The molecule has 1 aromatic rings. The van der Waals surface area contributed by atoms with Crippen molar-refractivity contribution in [3.05, 3.63) is 29.8 Å². The topological polar surface area (TPSA) is 38.5 Å². The Balaban J connectivity index is 1.93. The molecule has 1 saturated heterocycles. The van der Waals surface area contributed by atoms with Crippen LogP contribution < -0.4 is 10.5 Å². The molecule has 0 aliphatic carbocycles. The first-order valence-electron chi connectivity index (χ1n) is 6.93. The number of rotatable bonds is 5. The Bertz CT molecular complexity index is 363. The summed E-state index contributed by atoms with van der Waals surface area (Å²) in [6.07, 6.45) is 2.60. The van der Waals surface area contributed by atoms with Crippen molar-refractivity contribution in [2.75, 3.05) is 19.7 Å². The molecule has 1 aliphatic heterocycles. The number of ether oxygens (including phenoxy) is 1. The second-order valence-electron chi connectivity index (χ2n) is 5.09. The zero-order valence-electron chi connectivity index (χ0n) is 11.4. The summed E-state index contributed by atoms with van der Waals surface area (Å²) >= 11 is 0. The van der Waals surface area contributed by atoms with E-state index >= 15 is 0 Å². The van der Waals surface area contributed by atoms with Crippen molar-refractivity contribution in [1.29, 1.82) is 0 Å². The van der Waals surface area contributed by atoms with E-state index in [9.17, 15) is 0 Å². The van der Waals surface area contributed by atoms with Gasteiger partial charge in [-0.2, -0.15) is 0 Å². The largest absolute Gasteiger partial charge is 0.494 e. The van der Waals surface area contributed by atoms with Crippen LogP contribution in [0.25, 0.3) is 0 Å². The van der Waals surface area contributed by atoms with Crippen molar-refractivity contribution in [2.24, 2.45) is 5.73 Å². The summed E-state index contributed by atoms with van der Waals surface area (Å²) in [5.41, 5.74) is 7.47. The van der Waals surface area contributed by atoms with E-state index in [1.54, 1.807) is 0 Å². The average Bonchev–Trinajstić information content (AvgIpc) is 2.76. The standard InChI is InChI=1S/C15H24N2O/c1-3-18-14-8-6-13(7-9-14)15(16)11-17-10-4-5-12(17)2/h6-9,12,15H,3-5,10-11,16H2,1-2H3. The van der Waals surface area contributed by atoms with Gasteiger partial charge in [-0.15, -0.1) is 0 Å². The van der Waals surface area contributed by atoms with Gasteiger partial charge in [0.2, 0.25) is 0 Å². The average molecular weight is 248 g/mol. The summed E-state index contributed by atoms with van der Waals surface area (Å²) in [4.78, 5) is 2.49. The highest BCUT2D eigenvalue weighted by molar-refractivity contribution is 5.29. The minimum Gasteiger partial charge on any atom is -0.494 e. The molecule has 1 heterocycles. The van der Waals surface area contributed by atoms with Crippen molar-refractivity contribution in [2.45, 2.75) is 38.8 Å². The predicted octanol–water partition coefficient (Wildman–Crippen LogP) is 2.57. The highest BCUT2D eigenvalue weighted by Crippen LogP contribution is 2.21. The molecule has 18 heavy (non-hydrogen) atoms. The van der Waals surface area contributed by atoms with Crippen LogP contribution in [0.3, 0.4) is 0 Å². The fourth-order valence-electron chi connectivity index (χ4n) is 2.60.